The van der Waals surface area contributed by atoms with Crippen LogP contribution in [0.4, 0.5) is 0 Å². The normalized spacial score (nSPS) is 11.3. The van der Waals surface area contributed by atoms with Crippen LogP contribution in [0, 0.1) is 0 Å². The van der Waals surface area contributed by atoms with Crippen molar-refractivity contribution in [2.75, 3.05) is 40.0 Å². The average molecular weight is 339 g/mol. The second kappa shape index (κ2) is 18.9. The van der Waals surface area contributed by atoms with E-state index in [0.29, 0.717) is 15.8 Å². The molecular weight excluding hydrogens is 316 g/mol. The summed E-state index contributed by atoms with van der Waals surface area (Å²) < 4.78 is 1.41. The van der Waals surface area contributed by atoms with Crippen molar-refractivity contribution in [3.05, 3.63) is 22.5 Å². The molecule has 0 radical (unpaired) electrons. The summed E-state index contributed by atoms with van der Waals surface area (Å²) in [5, 5.41) is 0. The maximum atomic E-state index is 2.54. The van der Waals surface area contributed by atoms with E-state index in [1.165, 1.54) is 4.28 Å². The average Bonchev–Trinajstić information content (AvgIpc) is 2.36. The molecule has 0 spiro atoms. The van der Waals surface area contributed by atoms with Gasteiger partial charge in [0.25, 0.3) is 0 Å². The van der Waals surface area contributed by atoms with Crippen molar-refractivity contribution < 1.29 is 42.2 Å². The molecule has 0 aliphatic heterocycles. The van der Waals surface area contributed by atoms with Crippen molar-refractivity contribution in [1.29, 1.82) is 0 Å². The van der Waals surface area contributed by atoms with Crippen LogP contribution in [-0.2, 0) is 17.4 Å². The third-order valence-corrected chi connectivity index (χ3v) is 1.27. The molecule has 0 saturated heterocycles. The minimum atomic E-state index is 0. The fourth-order valence-corrected chi connectivity index (χ4v) is 0.735. The van der Waals surface area contributed by atoms with Gasteiger partial charge in [-0.2, -0.15) is 0 Å². The summed E-state index contributed by atoms with van der Waals surface area (Å²) >= 11 is 2.54. The number of allylic oxidation sites excluding steroid dienone is 4. The molecule has 0 saturated carbocycles. The van der Waals surface area contributed by atoms with E-state index in [2.05, 4.69) is 75.6 Å². The van der Waals surface area contributed by atoms with E-state index in [9.17, 15) is 0 Å². The second-order valence-electron chi connectivity index (χ2n) is 3.97. The van der Waals surface area contributed by atoms with E-state index in [4.69, 9.17) is 0 Å². The van der Waals surface area contributed by atoms with Gasteiger partial charge < -0.3 is 24.8 Å². The Hall–Kier alpha value is 1.50. The number of hydrogen-bond donors (Lipinski definition) is 0. The molecule has 0 heterocycles. The second-order valence-corrected chi connectivity index (χ2v) is 10.2. The molecular formula is C11H23Cl2P2V. The van der Waals surface area contributed by atoms with Gasteiger partial charge in [-0.1, -0.05) is 0 Å². The Bertz CT molecular complexity index is 169. The van der Waals surface area contributed by atoms with Gasteiger partial charge in [-0.25, -0.2) is 0 Å². The number of rotatable bonds is 0. The first-order chi connectivity index (χ1) is 6.36. The van der Waals surface area contributed by atoms with Crippen LogP contribution in [0.2, 0.25) is 0 Å². The molecule has 0 unspecified atom stereocenters. The predicted octanol–water partition coefficient (Wildman–Crippen LogP) is -1.90. The molecule has 0 aromatic carbocycles. The van der Waals surface area contributed by atoms with Gasteiger partial charge in [0.05, 0.1) is 0 Å². The third-order valence-electron chi connectivity index (χ3n) is 0.752. The molecule has 16 heavy (non-hydrogen) atoms. The SMILES string of the molecule is CP(C)C.CP(C)C.[Cl-].[Cl-].[V+2][C]1=CC=CC1. The number of halogens is 2. The summed E-state index contributed by atoms with van der Waals surface area (Å²) in [5.74, 6) is 0. The summed E-state index contributed by atoms with van der Waals surface area (Å²) in [7, 11) is 0.759. The predicted molar refractivity (Wildman–Crippen MR) is 71.2 cm³/mol. The van der Waals surface area contributed by atoms with Gasteiger partial charge in [0, 0.05) is 0 Å². The molecule has 1 aliphatic rings. The van der Waals surface area contributed by atoms with Crippen LogP contribution >= 0.6 is 15.8 Å². The van der Waals surface area contributed by atoms with Crippen molar-refractivity contribution >= 4 is 15.8 Å². The van der Waals surface area contributed by atoms with Gasteiger partial charge in [0.15, 0.2) is 0 Å². The maximum absolute atomic E-state index is 2.54. The summed E-state index contributed by atoms with van der Waals surface area (Å²) in [6.45, 7) is 13.4. The number of hydrogen-bond acceptors (Lipinski definition) is 0. The van der Waals surface area contributed by atoms with Crippen molar-refractivity contribution in [2.45, 2.75) is 6.42 Å². The van der Waals surface area contributed by atoms with Crippen LogP contribution in [0.15, 0.2) is 22.5 Å². The van der Waals surface area contributed by atoms with E-state index in [1.54, 1.807) is 0 Å². The van der Waals surface area contributed by atoms with Crippen LogP contribution in [0.25, 0.3) is 0 Å². The Morgan fingerprint density at radius 1 is 0.938 bits per heavy atom. The van der Waals surface area contributed by atoms with E-state index in [0.717, 1.165) is 6.42 Å². The molecule has 0 atom stereocenters. The fraction of sp³-hybridized carbons (Fsp3) is 0.636. The van der Waals surface area contributed by atoms with Crippen molar-refractivity contribution in [3.8, 4) is 0 Å². The van der Waals surface area contributed by atoms with Gasteiger partial charge >= 0.3 is 46.4 Å². The molecule has 0 aromatic heterocycles. The third kappa shape index (κ3) is 45.1. The first-order valence-electron chi connectivity index (χ1n) is 4.62. The molecule has 0 bridgehead atoms. The fourth-order valence-electron chi connectivity index (χ4n) is 0.436. The van der Waals surface area contributed by atoms with Crippen LogP contribution in [0.5, 0.6) is 0 Å². The van der Waals surface area contributed by atoms with E-state index in [1.807, 2.05) is 0 Å². The monoisotopic (exact) mass is 338 g/mol. The van der Waals surface area contributed by atoms with Gasteiger partial charge in [0.2, 0.25) is 0 Å². The Morgan fingerprint density at radius 3 is 1.31 bits per heavy atom. The van der Waals surface area contributed by atoms with Crippen molar-refractivity contribution in [3.63, 3.8) is 0 Å². The zero-order valence-electron chi connectivity index (χ0n) is 11.0. The molecule has 0 fully saturated rings. The summed E-state index contributed by atoms with van der Waals surface area (Å²) in [6, 6.07) is 0. The van der Waals surface area contributed by atoms with Gasteiger partial charge in [0.1, 0.15) is 0 Å². The Kier molecular flexibility index (Phi) is 30.8. The van der Waals surface area contributed by atoms with Crippen LogP contribution in [0.3, 0.4) is 0 Å². The minimum absolute atomic E-state index is 0. The zero-order chi connectivity index (χ0) is 11.6. The van der Waals surface area contributed by atoms with Crippen molar-refractivity contribution in [1.82, 2.24) is 0 Å². The molecule has 96 valence electrons. The molecule has 5 heteroatoms. The van der Waals surface area contributed by atoms with Crippen LogP contribution in [-0.4, -0.2) is 40.0 Å². The Balaban J connectivity index is -0.0000000660. The Labute approximate surface area is 126 Å². The van der Waals surface area contributed by atoms with Gasteiger partial charge in [-0.05, 0) is 40.0 Å². The molecule has 1 aliphatic carbocycles. The van der Waals surface area contributed by atoms with Crippen LogP contribution in [0.1, 0.15) is 6.42 Å². The summed E-state index contributed by atoms with van der Waals surface area (Å²) in [4.78, 5) is 0. The zero-order valence-corrected chi connectivity index (χ0v) is 15.7. The van der Waals surface area contributed by atoms with Crippen molar-refractivity contribution in [2.24, 2.45) is 0 Å². The molecule has 0 nitrogen and oxygen atoms in total. The quantitative estimate of drug-likeness (QED) is 0.453. The standard InChI is InChI=1S/C5H5.2C3H9P.2ClH.V/c1-2-4-5-3-1;2*1-4(2)3;;;/h1-3H,4H2;2*1-3H3;2*1H;/q;;;;;+2/p-2. The van der Waals surface area contributed by atoms with Gasteiger partial charge in [-0.3, -0.25) is 0 Å². The van der Waals surface area contributed by atoms with E-state index >= 15 is 0 Å². The first-order valence-corrected chi connectivity index (χ1v) is 10.7. The summed E-state index contributed by atoms with van der Waals surface area (Å²) in [6.07, 6.45) is 7.47. The molecule has 0 amide bonds. The van der Waals surface area contributed by atoms with Gasteiger partial charge in [-0.15, -0.1) is 15.8 Å². The molecule has 1 rings (SSSR count). The molecule has 0 aromatic rings. The van der Waals surface area contributed by atoms with Crippen LogP contribution < -0.4 is 24.8 Å². The van der Waals surface area contributed by atoms with E-state index < -0.39 is 0 Å². The molecule has 0 N–H and O–H groups in total. The van der Waals surface area contributed by atoms with E-state index in [-0.39, 0.29) is 24.8 Å². The topological polar surface area (TPSA) is 0 Å². The summed E-state index contributed by atoms with van der Waals surface area (Å²) in [5.41, 5.74) is 0. The first kappa shape index (κ1) is 26.1. The Morgan fingerprint density at radius 2 is 1.25 bits per heavy atom.